The van der Waals surface area contributed by atoms with Gasteiger partial charge in [0, 0.05) is 21.9 Å². The molecular weight excluding hydrogens is 290 g/mol. The molecule has 0 saturated heterocycles. The summed E-state index contributed by atoms with van der Waals surface area (Å²) >= 11 is 3.44. The first-order valence-corrected chi connectivity index (χ1v) is 6.44. The Morgan fingerprint density at radius 2 is 1.83 bits per heavy atom. The Kier molecular flexibility index (Phi) is 2.59. The number of halogens is 1. The van der Waals surface area contributed by atoms with E-state index >= 15 is 0 Å². The molecule has 0 spiro atoms. The molecule has 4 heteroatoms. The minimum atomic E-state index is 0.735. The first-order chi connectivity index (χ1) is 8.65. The fraction of sp³-hybridized carbons (Fsp3) is 0.0714. The van der Waals surface area contributed by atoms with Crippen LogP contribution in [-0.2, 0) is 0 Å². The lowest BCUT2D eigenvalue weighted by Crippen LogP contribution is -1.92. The molecule has 0 fully saturated rings. The minimum Gasteiger partial charge on any atom is -0.398 e. The lowest BCUT2D eigenvalue weighted by atomic mass is 10.2. The summed E-state index contributed by atoms with van der Waals surface area (Å²) in [4.78, 5) is 4.62. The van der Waals surface area contributed by atoms with E-state index in [0.29, 0.717) is 0 Å². The van der Waals surface area contributed by atoms with E-state index in [0.717, 1.165) is 32.8 Å². The zero-order valence-corrected chi connectivity index (χ0v) is 11.5. The van der Waals surface area contributed by atoms with Crippen LogP contribution in [0.1, 0.15) is 5.69 Å². The van der Waals surface area contributed by atoms with E-state index in [-0.39, 0.29) is 0 Å². The SMILES string of the molecule is Cc1nc(-c2ccc(Br)cc2)n2cc(N)ccc12. The Balaban J connectivity index is 2.28. The summed E-state index contributed by atoms with van der Waals surface area (Å²) in [5.41, 5.74) is 9.75. The number of hydrogen-bond acceptors (Lipinski definition) is 2. The highest BCUT2D eigenvalue weighted by molar-refractivity contribution is 9.10. The van der Waals surface area contributed by atoms with Crippen LogP contribution in [-0.4, -0.2) is 9.38 Å². The topological polar surface area (TPSA) is 43.3 Å². The number of anilines is 1. The van der Waals surface area contributed by atoms with E-state index in [2.05, 4.69) is 20.9 Å². The fourth-order valence-corrected chi connectivity index (χ4v) is 2.32. The van der Waals surface area contributed by atoms with Crippen LogP contribution in [0, 0.1) is 6.92 Å². The van der Waals surface area contributed by atoms with Crippen LogP contribution < -0.4 is 5.73 Å². The molecule has 0 bridgehead atoms. The molecular formula is C14H12BrN3. The molecule has 0 aliphatic heterocycles. The molecule has 0 atom stereocenters. The predicted molar refractivity (Wildman–Crippen MR) is 77.5 cm³/mol. The summed E-state index contributed by atoms with van der Waals surface area (Å²) in [6.45, 7) is 2.01. The van der Waals surface area contributed by atoms with Crippen molar-refractivity contribution in [3.63, 3.8) is 0 Å². The van der Waals surface area contributed by atoms with Crippen LogP contribution in [0.25, 0.3) is 16.9 Å². The van der Waals surface area contributed by atoms with Gasteiger partial charge in [0.15, 0.2) is 0 Å². The number of nitrogens with zero attached hydrogens (tertiary/aromatic N) is 2. The summed E-state index contributed by atoms with van der Waals surface area (Å²) in [6.07, 6.45) is 1.91. The van der Waals surface area contributed by atoms with E-state index in [1.165, 1.54) is 0 Å². The Labute approximate surface area is 113 Å². The second-order valence-corrected chi connectivity index (χ2v) is 5.16. The Morgan fingerprint density at radius 1 is 1.11 bits per heavy atom. The van der Waals surface area contributed by atoms with E-state index in [4.69, 9.17) is 5.73 Å². The van der Waals surface area contributed by atoms with Crippen molar-refractivity contribution < 1.29 is 0 Å². The number of imidazole rings is 1. The molecule has 0 radical (unpaired) electrons. The van der Waals surface area contributed by atoms with Crippen molar-refractivity contribution in [1.29, 1.82) is 0 Å². The van der Waals surface area contributed by atoms with Crippen LogP contribution in [0.3, 0.4) is 0 Å². The monoisotopic (exact) mass is 301 g/mol. The summed E-state index contributed by atoms with van der Waals surface area (Å²) < 4.78 is 3.09. The summed E-state index contributed by atoms with van der Waals surface area (Å²) in [5, 5.41) is 0. The Bertz CT molecular complexity index is 714. The van der Waals surface area contributed by atoms with Crippen molar-refractivity contribution in [3.05, 3.63) is 52.8 Å². The lowest BCUT2D eigenvalue weighted by molar-refractivity contribution is 1.16. The molecule has 0 unspecified atom stereocenters. The van der Waals surface area contributed by atoms with Crippen molar-refractivity contribution in [1.82, 2.24) is 9.38 Å². The third-order valence-electron chi connectivity index (χ3n) is 2.95. The maximum Gasteiger partial charge on any atom is 0.144 e. The molecule has 3 aromatic rings. The van der Waals surface area contributed by atoms with Gasteiger partial charge < -0.3 is 5.73 Å². The zero-order chi connectivity index (χ0) is 12.7. The number of benzene rings is 1. The summed E-state index contributed by atoms with van der Waals surface area (Å²) in [7, 11) is 0. The van der Waals surface area contributed by atoms with Gasteiger partial charge in [-0.2, -0.15) is 0 Å². The number of nitrogen functional groups attached to an aromatic ring is 1. The van der Waals surface area contributed by atoms with Crippen LogP contribution in [0.15, 0.2) is 47.1 Å². The number of rotatable bonds is 1. The lowest BCUT2D eigenvalue weighted by Gasteiger charge is -2.02. The Hall–Kier alpha value is -1.81. The van der Waals surface area contributed by atoms with Gasteiger partial charge in [0.1, 0.15) is 5.82 Å². The van der Waals surface area contributed by atoms with Gasteiger partial charge in [0.05, 0.1) is 11.2 Å². The van der Waals surface area contributed by atoms with Gasteiger partial charge in [-0.15, -0.1) is 0 Å². The standard InChI is InChI=1S/C14H12BrN3/c1-9-13-7-6-12(16)8-18(13)14(17-9)10-2-4-11(15)5-3-10/h2-8H,16H2,1H3. The molecule has 0 amide bonds. The highest BCUT2D eigenvalue weighted by Crippen LogP contribution is 2.24. The predicted octanol–water partition coefficient (Wildman–Crippen LogP) is 3.65. The second-order valence-electron chi connectivity index (χ2n) is 4.25. The van der Waals surface area contributed by atoms with E-state index in [1.54, 1.807) is 0 Å². The smallest absolute Gasteiger partial charge is 0.144 e. The third-order valence-corrected chi connectivity index (χ3v) is 3.47. The third kappa shape index (κ3) is 1.78. The molecule has 1 aromatic carbocycles. The van der Waals surface area contributed by atoms with Gasteiger partial charge in [-0.25, -0.2) is 4.98 Å². The van der Waals surface area contributed by atoms with Crippen LogP contribution in [0.5, 0.6) is 0 Å². The van der Waals surface area contributed by atoms with Crippen molar-refractivity contribution in [2.45, 2.75) is 6.92 Å². The maximum absolute atomic E-state index is 5.85. The number of fused-ring (bicyclic) bond motifs is 1. The fourth-order valence-electron chi connectivity index (χ4n) is 2.06. The molecule has 90 valence electrons. The van der Waals surface area contributed by atoms with Crippen molar-refractivity contribution in [2.75, 3.05) is 5.73 Å². The highest BCUT2D eigenvalue weighted by atomic mass is 79.9. The summed E-state index contributed by atoms with van der Waals surface area (Å²) in [5.74, 6) is 0.919. The molecule has 3 nitrogen and oxygen atoms in total. The molecule has 2 heterocycles. The molecule has 18 heavy (non-hydrogen) atoms. The van der Waals surface area contributed by atoms with Crippen LogP contribution in [0.2, 0.25) is 0 Å². The molecule has 2 N–H and O–H groups in total. The summed E-state index contributed by atoms with van der Waals surface area (Å²) in [6, 6.07) is 12.0. The second kappa shape index (κ2) is 4.14. The normalized spacial score (nSPS) is 11.0. The first kappa shape index (κ1) is 11.3. The van der Waals surface area contributed by atoms with Crippen LogP contribution >= 0.6 is 15.9 Å². The van der Waals surface area contributed by atoms with Crippen molar-refractivity contribution in [2.24, 2.45) is 0 Å². The van der Waals surface area contributed by atoms with Gasteiger partial charge in [0.2, 0.25) is 0 Å². The molecule has 0 saturated carbocycles. The average Bonchev–Trinajstić information content (AvgIpc) is 2.67. The van der Waals surface area contributed by atoms with Gasteiger partial charge in [-0.1, -0.05) is 28.1 Å². The van der Waals surface area contributed by atoms with E-state index in [9.17, 15) is 0 Å². The number of aryl methyl sites for hydroxylation is 1. The number of aromatic nitrogens is 2. The van der Waals surface area contributed by atoms with E-state index < -0.39 is 0 Å². The zero-order valence-electron chi connectivity index (χ0n) is 9.89. The van der Waals surface area contributed by atoms with Crippen molar-refractivity contribution in [3.8, 4) is 11.4 Å². The molecule has 2 aromatic heterocycles. The number of pyridine rings is 1. The average molecular weight is 302 g/mol. The van der Waals surface area contributed by atoms with Crippen LogP contribution in [0.4, 0.5) is 5.69 Å². The molecule has 3 rings (SSSR count). The van der Waals surface area contributed by atoms with E-state index in [1.807, 2.05) is 53.9 Å². The maximum atomic E-state index is 5.85. The quantitative estimate of drug-likeness (QED) is 0.745. The Morgan fingerprint density at radius 3 is 2.56 bits per heavy atom. The van der Waals surface area contributed by atoms with Gasteiger partial charge >= 0.3 is 0 Å². The number of nitrogens with two attached hydrogens (primary N) is 1. The van der Waals surface area contributed by atoms with Gasteiger partial charge in [-0.3, -0.25) is 4.40 Å². The molecule has 0 aliphatic carbocycles. The molecule has 0 aliphatic rings. The first-order valence-electron chi connectivity index (χ1n) is 5.65. The van der Waals surface area contributed by atoms with Crippen molar-refractivity contribution >= 4 is 27.1 Å². The number of hydrogen-bond donors (Lipinski definition) is 1. The van der Waals surface area contributed by atoms with Gasteiger partial charge in [-0.05, 0) is 31.2 Å². The minimum absolute atomic E-state index is 0.735. The highest BCUT2D eigenvalue weighted by Gasteiger charge is 2.09. The van der Waals surface area contributed by atoms with Gasteiger partial charge in [0.25, 0.3) is 0 Å². The largest absolute Gasteiger partial charge is 0.398 e.